The van der Waals surface area contributed by atoms with E-state index < -0.39 is 4.93 Å². The van der Waals surface area contributed by atoms with Crippen molar-refractivity contribution in [1.82, 2.24) is 5.32 Å². The van der Waals surface area contributed by atoms with E-state index in [2.05, 4.69) is 5.32 Å². The van der Waals surface area contributed by atoms with E-state index in [0.29, 0.717) is 6.42 Å². The smallest absolute Gasteiger partial charge is 0.208 e. The second kappa shape index (κ2) is 2.58. The second-order valence-electron chi connectivity index (χ2n) is 2.35. The molecule has 0 aromatic carbocycles. The standard InChI is InChI=1S/C5H11F2N2/c6-9(7)4-2-1-3-8-5-9/h8H,1-5H2/q+1. The molecule has 1 rings (SSSR count). The minimum atomic E-state index is -1.86. The van der Waals surface area contributed by atoms with Crippen LogP contribution in [0.4, 0.5) is 8.96 Å². The van der Waals surface area contributed by atoms with Gasteiger partial charge in [-0.25, -0.2) is 0 Å². The Labute approximate surface area is 52.9 Å². The number of nitrogens with zero attached hydrogens (tertiary/aromatic N) is 1. The van der Waals surface area contributed by atoms with Crippen molar-refractivity contribution >= 4 is 0 Å². The Morgan fingerprint density at radius 3 is 2.78 bits per heavy atom. The van der Waals surface area contributed by atoms with Gasteiger partial charge < -0.3 is 0 Å². The molecule has 9 heavy (non-hydrogen) atoms. The van der Waals surface area contributed by atoms with Crippen LogP contribution in [0.2, 0.25) is 0 Å². The monoisotopic (exact) mass is 137 g/mol. The summed E-state index contributed by atoms with van der Waals surface area (Å²) in [5.74, 6) is 0. The van der Waals surface area contributed by atoms with Crippen molar-refractivity contribution in [3.05, 3.63) is 0 Å². The normalized spacial score (nSPS) is 27.3. The Hall–Kier alpha value is -0.220. The first-order chi connectivity index (χ1) is 4.21. The second-order valence-corrected chi connectivity index (χ2v) is 2.35. The molecule has 0 aromatic rings. The maximum Gasteiger partial charge on any atom is 0.208 e. The summed E-state index contributed by atoms with van der Waals surface area (Å²) in [6.45, 7) is 0.529. The van der Waals surface area contributed by atoms with Gasteiger partial charge in [-0.1, -0.05) is 0 Å². The first-order valence-electron chi connectivity index (χ1n) is 3.18. The number of nitrogens with one attached hydrogen (secondary N) is 1. The minimum absolute atomic E-state index is 0.00694. The van der Waals surface area contributed by atoms with Gasteiger partial charge in [-0.05, 0) is 6.42 Å². The number of hydrogen-bond donors (Lipinski definition) is 1. The summed E-state index contributed by atoms with van der Waals surface area (Å²) in [4.78, 5) is -1.86. The van der Waals surface area contributed by atoms with Gasteiger partial charge in [0, 0.05) is 21.9 Å². The molecular weight excluding hydrogens is 126 g/mol. The highest BCUT2D eigenvalue weighted by molar-refractivity contribution is 4.45. The number of quaternary nitrogens is 1. The lowest BCUT2D eigenvalue weighted by molar-refractivity contribution is -1.17. The Kier molecular flexibility index (Phi) is 1.97. The van der Waals surface area contributed by atoms with E-state index in [9.17, 15) is 8.96 Å². The molecule has 0 amide bonds. The van der Waals surface area contributed by atoms with Crippen LogP contribution in [0.3, 0.4) is 0 Å². The molecule has 0 unspecified atom stereocenters. The van der Waals surface area contributed by atoms with Crippen molar-refractivity contribution in [3.63, 3.8) is 0 Å². The molecular formula is C5H11F2N2+. The molecule has 0 atom stereocenters. The van der Waals surface area contributed by atoms with Crippen LogP contribution >= 0.6 is 0 Å². The molecule has 0 bridgehead atoms. The van der Waals surface area contributed by atoms with E-state index in [-0.39, 0.29) is 13.2 Å². The molecule has 1 saturated heterocycles. The van der Waals surface area contributed by atoms with Crippen molar-refractivity contribution in [2.75, 3.05) is 19.8 Å². The fourth-order valence-corrected chi connectivity index (χ4v) is 0.915. The highest BCUT2D eigenvalue weighted by Gasteiger charge is 2.30. The van der Waals surface area contributed by atoms with Gasteiger partial charge in [-0.15, -0.1) is 0 Å². The molecule has 0 aliphatic carbocycles. The molecule has 2 nitrogen and oxygen atoms in total. The third-order valence-electron chi connectivity index (χ3n) is 1.43. The van der Waals surface area contributed by atoms with Crippen LogP contribution in [-0.2, 0) is 0 Å². The quantitative estimate of drug-likeness (QED) is 0.489. The molecule has 0 saturated carbocycles. The summed E-state index contributed by atoms with van der Waals surface area (Å²) >= 11 is 0. The summed E-state index contributed by atoms with van der Waals surface area (Å²) in [5, 5.41) is 2.66. The first kappa shape index (κ1) is 6.89. The fourth-order valence-electron chi connectivity index (χ4n) is 0.915. The van der Waals surface area contributed by atoms with E-state index in [1.54, 1.807) is 0 Å². The van der Waals surface area contributed by atoms with Crippen LogP contribution in [0, 0.1) is 0 Å². The highest BCUT2D eigenvalue weighted by Crippen LogP contribution is 2.11. The lowest BCUT2D eigenvalue weighted by Crippen LogP contribution is -2.37. The van der Waals surface area contributed by atoms with Crippen molar-refractivity contribution in [2.24, 2.45) is 0 Å². The molecule has 1 fully saturated rings. The molecule has 54 valence electrons. The predicted molar refractivity (Wildman–Crippen MR) is 29.4 cm³/mol. The van der Waals surface area contributed by atoms with Gasteiger partial charge in [0.25, 0.3) is 0 Å². The van der Waals surface area contributed by atoms with Crippen LogP contribution in [-0.4, -0.2) is 24.7 Å². The maximum absolute atomic E-state index is 12.3. The lowest BCUT2D eigenvalue weighted by Gasteiger charge is -2.08. The van der Waals surface area contributed by atoms with E-state index in [0.717, 1.165) is 13.0 Å². The average molecular weight is 137 g/mol. The van der Waals surface area contributed by atoms with Gasteiger partial charge in [0.1, 0.15) is 0 Å². The van der Waals surface area contributed by atoms with Crippen LogP contribution < -0.4 is 5.32 Å². The molecule has 0 radical (unpaired) electrons. The Bertz CT molecular complexity index is 85.0. The number of halogens is 2. The molecule has 1 aliphatic rings. The van der Waals surface area contributed by atoms with Crippen molar-refractivity contribution in [3.8, 4) is 0 Å². The SMILES string of the molecule is F[N+]1(F)CCCCNC1. The lowest BCUT2D eigenvalue weighted by atomic mass is 10.3. The third kappa shape index (κ3) is 2.24. The van der Waals surface area contributed by atoms with Crippen LogP contribution in [0.5, 0.6) is 0 Å². The average Bonchev–Trinajstić information content (AvgIpc) is 1.92. The van der Waals surface area contributed by atoms with Crippen molar-refractivity contribution in [2.45, 2.75) is 12.8 Å². The van der Waals surface area contributed by atoms with E-state index in [1.165, 1.54) is 0 Å². The Morgan fingerprint density at radius 2 is 2.00 bits per heavy atom. The first-order valence-corrected chi connectivity index (χ1v) is 3.18. The predicted octanol–water partition coefficient (Wildman–Crippen LogP) is 0.913. The van der Waals surface area contributed by atoms with Crippen molar-refractivity contribution < 1.29 is 13.9 Å². The molecule has 4 heteroatoms. The van der Waals surface area contributed by atoms with Gasteiger partial charge in [0.2, 0.25) is 6.67 Å². The van der Waals surface area contributed by atoms with E-state index in [4.69, 9.17) is 0 Å². The highest BCUT2D eigenvalue weighted by atomic mass is 19.4. The van der Waals surface area contributed by atoms with Gasteiger partial charge in [0.05, 0.1) is 4.93 Å². The van der Waals surface area contributed by atoms with Gasteiger partial charge in [-0.2, -0.15) is 0 Å². The summed E-state index contributed by atoms with van der Waals surface area (Å²) < 4.78 is 24.7. The minimum Gasteiger partial charge on any atom is -0.265 e. The topological polar surface area (TPSA) is 12.0 Å². The maximum atomic E-state index is 12.3. The van der Waals surface area contributed by atoms with Gasteiger partial charge in [-0.3, -0.25) is 5.32 Å². The van der Waals surface area contributed by atoms with Crippen LogP contribution in [0.1, 0.15) is 12.8 Å². The van der Waals surface area contributed by atoms with Crippen LogP contribution in [0.25, 0.3) is 0 Å². The van der Waals surface area contributed by atoms with Crippen molar-refractivity contribution in [1.29, 1.82) is 0 Å². The van der Waals surface area contributed by atoms with E-state index in [1.807, 2.05) is 0 Å². The largest absolute Gasteiger partial charge is 0.265 e. The number of hydrogen-bond acceptors (Lipinski definition) is 1. The van der Waals surface area contributed by atoms with Gasteiger partial charge >= 0.3 is 0 Å². The summed E-state index contributed by atoms with van der Waals surface area (Å²) in [7, 11) is 0. The molecule has 0 spiro atoms. The fraction of sp³-hybridized carbons (Fsp3) is 1.00. The zero-order valence-electron chi connectivity index (χ0n) is 5.24. The third-order valence-corrected chi connectivity index (χ3v) is 1.43. The Morgan fingerprint density at radius 1 is 1.22 bits per heavy atom. The van der Waals surface area contributed by atoms with Gasteiger partial charge in [0.15, 0.2) is 6.54 Å². The van der Waals surface area contributed by atoms with Crippen LogP contribution in [0.15, 0.2) is 0 Å². The molecule has 1 aliphatic heterocycles. The molecule has 0 aromatic heterocycles. The Balaban J connectivity index is 2.36. The summed E-state index contributed by atoms with van der Waals surface area (Å²) in [6.07, 6.45) is 1.49. The number of rotatable bonds is 0. The zero-order chi connectivity index (χ0) is 6.74. The molecule has 1 N–H and O–H groups in total. The summed E-state index contributed by atoms with van der Waals surface area (Å²) in [5.41, 5.74) is 0. The summed E-state index contributed by atoms with van der Waals surface area (Å²) in [6, 6.07) is 0. The zero-order valence-corrected chi connectivity index (χ0v) is 5.24. The van der Waals surface area contributed by atoms with E-state index >= 15 is 0 Å². The molecule has 1 heterocycles.